The topological polar surface area (TPSA) is 20.3 Å². The van der Waals surface area contributed by atoms with E-state index < -0.39 is 0 Å². The van der Waals surface area contributed by atoms with Crippen molar-refractivity contribution in [1.82, 2.24) is 4.90 Å². The Kier molecular flexibility index (Phi) is 2.83. The number of rotatable bonds is 2. The molecule has 0 aromatic rings. The van der Waals surface area contributed by atoms with Crippen LogP contribution >= 0.6 is 0 Å². The van der Waals surface area contributed by atoms with E-state index in [2.05, 4.69) is 18.5 Å². The molecule has 0 bridgehead atoms. The Morgan fingerprint density at radius 2 is 2.55 bits per heavy atom. The van der Waals surface area contributed by atoms with Crippen molar-refractivity contribution >= 4 is 5.78 Å². The summed E-state index contributed by atoms with van der Waals surface area (Å²) in [5.74, 6) is 0.620. The molecule has 1 atom stereocenters. The molecule has 0 unspecified atom stereocenters. The Morgan fingerprint density at radius 1 is 1.82 bits per heavy atom. The zero-order chi connectivity index (χ0) is 8.27. The minimum absolute atomic E-state index is 0.214. The van der Waals surface area contributed by atoms with Crippen molar-refractivity contribution in [1.29, 1.82) is 0 Å². The number of piperidine rings is 1. The minimum Gasteiger partial charge on any atom is -0.305 e. The van der Waals surface area contributed by atoms with E-state index in [1.807, 2.05) is 6.08 Å². The number of likely N-dealkylation sites (tertiary alicyclic amines) is 1. The summed E-state index contributed by atoms with van der Waals surface area (Å²) >= 11 is 0. The molecule has 2 nitrogen and oxygen atoms in total. The van der Waals surface area contributed by atoms with Gasteiger partial charge in [0.2, 0.25) is 0 Å². The smallest absolute Gasteiger partial charge is 0.138 e. The molecule has 0 radical (unpaired) electrons. The summed E-state index contributed by atoms with van der Waals surface area (Å²) in [6.45, 7) is 5.47. The van der Waals surface area contributed by atoms with Crippen LogP contribution in [0.4, 0.5) is 0 Å². The van der Waals surface area contributed by atoms with Crippen molar-refractivity contribution in [2.24, 2.45) is 5.92 Å². The van der Waals surface area contributed by atoms with E-state index in [-0.39, 0.29) is 5.92 Å². The fourth-order valence-corrected chi connectivity index (χ4v) is 1.48. The number of ketones is 1. The van der Waals surface area contributed by atoms with Crippen LogP contribution in [0.15, 0.2) is 12.7 Å². The van der Waals surface area contributed by atoms with Crippen LogP contribution in [0.2, 0.25) is 0 Å². The molecule has 1 aliphatic rings. The molecular formula is C9H15NO. The Morgan fingerprint density at radius 3 is 3.18 bits per heavy atom. The van der Waals surface area contributed by atoms with Gasteiger partial charge in [0.25, 0.3) is 0 Å². The van der Waals surface area contributed by atoms with E-state index in [0.29, 0.717) is 5.78 Å². The van der Waals surface area contributed by atoms with E-state index in [1.165, 1.54) is 0 Å². The van der Waals surface area contributed by atoms with Gasteiger partial charge in [-0.2, -0.15) is 0 Å². The van der Waals surface area contributed by atoms with Crippen LogP contribution in [0.25, 0.3) is 0 Å². The fraction of sp³-hybridized carbons (Fsp3) is 0.667. The maximum atomic E-state index is 11.3. The lowest BCUT2D eigenvalue weighted by Gasteiger charge is -2.27. The molecule has 0 spiro atoms. The Hall–Kier alpha value is -0.630. The van der Waals surface area contributed by atoms with E-state index >= 15 is 0 Å². The van der Waals surface area contributed by atoms with Crippen LogP contribution in [-0.2, 0) is 4.79 Å². The molecule has 1 heterocycles. The SMILES string of the molecule is C=CC[C@H]1CN(C)CCC1=O. The first-order valence-electron chi connectivity index (χ1n) is 4.06. The predicted octanol–water partition coefficient (Wildman–Crippen LogP) is 1.08. The molecule has 11 heavy (non-hydrogen) atoms. The predicted molar refractivity (Wildman–Crippen MR) is 45.4 cm³/mol. The van der Waals surface area contributed by atoms with Crippen LogP contribution in [0.3, 0.4) is 0 Å². The Bertz CT molecular complexity index is 165. The van der Waals surface area contributed by atoms with Crippen molar-refractivity contribution in [2.75, 3.05) is 20.1 Å². The summed E-state index contributed by atoms with van der Waals surface area (Å²) in [4.78, 5) is 13.5. The van der Waals surface area contributed by atoms with Crippen molar-refractivity contribution < 1.29 is 4.79 Å². The summed E-state index contributed by atoms with van der Waals surface area (Å²) in [6.07, 6.45) is 3.39. The quantitative estimate of drug-likeness (QED) is 0.553. The third-order valence-corrected chi connectivity index (χ3v) is 2.18. The highest BCUT2D eigenvalue weighted by atomic mass is 16.1. The lowest BCUT2D eigenvalue weighted by Crippen LogP contribution is -2.37. The number of hydrogen-bond acceptors (Lipinski definition) is 2. The van der Waals surface area contributed by atoms with Crippen LogP contribution in [0.5, 0.6) is 0 Å². The average molecular weight is 153 g/mol. The van der Waals surface area contributed by atoms with Gasteiger partial charge in [-0.25, -0.2) is 0 Å². The van der Waals surface area contributed by atoms with Gasteiger partial charge in [0, 0.05) is 25.4 Å². The van der Waals surface area contributed by atoms with Gasteiger partial charge in [-0.15, -0.1) is 6.58 Å². The first kappa shape index (κ1) is 8.47. The van der Waals surface area contributed by atoms with E-state index in [0.717, 1.165) is 25.9 Å². The van der Waals surface area contributed by atoms with Gasteiger partial charge in [0.05, 0.1) is 0 Å². The molecule has 1 aliphatic heterocycles. The largest absolute Gasteiger partial charge is 0.305 e. The van der Waals surface area contributed by atoms with Crippen molar-refractivity contribution in [2.45, 2.75) is 12.8 Å². The molecule has 1 rings (SSSR count). The lowest BCUT2D eigenvalue weighted by molar-refractivity contribution is -0.125. The summed E-state index contributed by atoms with van der Waals surface area (Å²) in [7, 11) is 2.06. The number of carbonyl (C=O) groups excluding carboxylic acids is 1. The zero-order valence-electron chi connectivity index (χ0n) is 7.05. The third kappa shape index (κ3) is 2.15. The second-order valence-electron chi connectivity index (χ2n) is 3.20. The van der Waals surface area contributed by atoms with Gasteiger partial charge < -0.3 is 4.90 Å². The molecule has 0 N–H and O–H groups in total. The number of allylic oxidation sites excluding steroid dienone is 1. The van der Waals surface area contributed by atoms with Crippen molar-refractivity contribution in [3.8, 4) is 0 Å². The van der Waals surface area contributed by atoms with Crippen LogP contribution in [0, 0.1) is 5.92 Å². The monoisotopic (exact) mass is 153 g/mol. The molecule has 0 aliphatic carbocycles. The van der Waals surface area contributed by atoms with Gasteiger partial charge >= 0.3 is 0 Å². The van der Waals surface area contributed by atoms with Gasteiger partial charge in [-0.3, -0.25) is 4.79 Å². The number of Topliss-reactive ketones (excluding diaryl/α,β-unsaturated/α-hetero) is 1. The summed E-state index contributed by atoms with van der Waals surface area (Å²) < 4.78 is 0. The first-order valence-corrected chi connectivity index (χ1v) is 4.06. The summed E-state index contributed by atoms with van der Waals surface area (Å²) in [5, 5.41) is 0. The molecule has 0 aromatic heterocycles. The second-order valence-corrected chi connectivity index (χ2v) is 3.20. The molecular weight excluding hydrogens is 138 g/mol. The average Bonchev–Trinajstić information content (AvgIpc) is 1.98. The lowest BCUT2D eigenvalue weighted by atomic mass is 9.94. The van der Waals surface area contributed by atoms with Gasteiger partial charge in [-0.05, 0) is 13.5 Å². The minimum atomic E-state index is 0.214. The van der Waals surface area contributed by atoms with E-state index in [4.69, 9.17) is 0 Å². The second kappa shape index (κ2) is 3.67. The van der Waals surface area contributed by atoms with Gasteiger partial charge in [0.1, 0.15) is 5.78 Å². The number of carbonyl (C=O) groups is 1. The van der Waals surface area contributed by atoms with Gasteiger partial charge in [0.15, 0.2) is 0 Å². The Balaban J connectivity index is 2.46. The van der Waals surface area contributed by atoms with Gasteiger partial charge in [-0.1, -0.05) is 6.08 Å². The Labute approximate surface area is 67.9 Å². The first-order chi connectivity index (χ1) is 5.24. The molecule has 2 heteroatoms. The highest BCUT2D eigenvalue weighted by molar-refractivity contribution is 5.82. The summed E-state index contributed by atoms with van der Waals surface area (Å²) in [6, 6.07) is 0. The van der Waals surface area contributed by atoms with Crippen molar-refractivity contribution in [3.63, 3.8) is 0 Å². The van der Waals surface area contributed by atoms with E-state index in [9.17, 15) is 4.79 Å². The number of hydrogen-bond donors (Lipinski definition) is 0. The molecule has 1 saturated heterocycles. The van der Waals surface area contributed by atoms with Crippen LogP contribution in [0.1, 0.15) is 12.8 Å². The zero-order valence-corrected chi connectivity index (χ0v) is 7.05. The van der Waals surface area contributed by atoms with E-state index in [1.54, 1.807) is 0 Å². The maximum Gasteiger partial charge on any atom is 0.138 e. The molecule has 62 valence electrons. The van der Waals surface area contributed by atoms with Crippen LogP contribution < -0.4 is 0 Å². The highest BCUT2D eigenvalue weighted by Crippen LogP contribution is 2.14. The fourth-order valence-electron chi connectivity index (χ4n) is 1.48. The molecule has 0 aromatic carbocycles. The molecule has 1 fully saturated rings. The third-order valence-electron chi connectivity index (χ3n) is 2.18. The maximum absolute atomic E-state index is 11.3. The normalized spacial score (nSPS) is 27.0. The van der Waals surface area contributed by atoms with Crippen LogP contribution in [-0.4, -0.2) is 30.8 Å². The van der Waals surface area contributed by atoms with Crippen molar-refractivity contribution in [3.05, 3.63) is 12.7 Å². The standard InChI is InChI=1S/C9H15NO/c1-3-4-8-7-10(2)6-5-9(8)11/h3,8H,1,4-7H2,2H3/t8-/m0/s1. The molecule has 0 amide bonds. The molecule has 0 saturated carbocycles. The number of nitrogens with zero attached hydrogens (tertiary/aromatic N) is 1. The summed E-state index contributed by atoms with van der Waals surface area (Å²) in [5.41, 5.74) is 0. The highest BCUT2D eigenvalue weighted by Gasteiger charge is 2.23.